The number of benzene rings is 1. The van der Waals surface area contributed by atoms with E-state index in [1.165, 1.54) is 0 Å². The topological polar surface area (TPSA) is 48.0 Å². The molecule has 2 unspecified atom stereocenters. The van der Waals surface area contributed by atoms with Gasteiger partial charge in [-0.25, -0.2) is 0 Å². The molecule has 0 saturated carbocycles. The third-order valence-corrected chi connectivity index (χ3v) is 6.98. The molecule has 3 fully saturated rings. The molecule has 27 heavy (non-hydrogen) atoms. The Morgan fingerprint density at radius 1 is 1.00 bits per heavy atom. The first-order chi connectivity index (χ1) is 12.7. The zero-order valence-electron chi connectivity index (χ0n) is 17.0. The summed E-state index contributed by atoms with van der Waals surface area (Å²) in [5.41, 5.74) is 1.02. The number of hydrogen-bond donors (Lipinski definition) is 0. The van der Waals surface area contributed by atoms with Gasteiger partial charge in [0.25, 0.3) is 0 Å². The van der Waals surface area contributed by atoms with Crippen LogP contribution >= 0.6 is 0 Å². The monoisotopic (exact) mass is 371 g/mol. The minimum atomic E-state index is -0.390. The average molecular weight is 371 g/mol. The minimum Gasteiger partial charge on any atom is -0.399 e. The lowest BCUT2D eigenvalue weighted by atomic mass is 9.77. The van der Waals surface area contributed by atoms with Crippen LogP contribution in [0.2, 0.25) is 0 Å². The molecule has 2 atom stereocenters. The fourth-order valence-electron chi connectivity index (χ4n) is 4.33. The number of ether oxygens (including phenoxy) is 1. The lowest BCUT2D eigenvalue weighted by Gasteiger charge is -2.46. The predicted octanol–water partition coefficient (Wildman–Crippen LogP) is 2.28. The maximum absolute atomic E-state index is 13.1. The fourth-order valence-corrected chi connectivity index (χ4v) is 4.33. The Bertz CT molecular complexity index is 687. The van der Waals surface area contributed by atoms with Crippen molar-refractivity contribution in [2.45, 2.75) is 63.8 Å². The quantitative estimate of drug-likeness (QED) is 0.603. The largest absolute Gasteiger partial charge is 0.494 e. The second-order valence-corrected chi connectivity index (χ2v) is 9.25. The molecular formula is C21H30BNO4. The number of carbonyl (C=O) groups excluding carboxylic acids is 1. The molecule has 0 aromatic heterocycles. The molecule has 3 saturated heterocycles. The van der Waals surface area contributed by atoms with Crippen LogP contribution in [0.3, 0.4) is 0 Å². The van der Waals surface area contributed by atoms with Crippen molar-refractivity contribution in [1.82, 2.24) is 4.90 Å². The summed E-state index contributed by atoms with van der Waals surface area (Å²) in [6.07, 6.45) is 1.76. The van der Waals surface area contributed by atoms with E-state index in [0.29, 0.717) is 12.1 Å². The van der Waals surface area contributed by atoms with Crippen LogP contribution in [-0.2, 0) is 14.0 Å². The van der Waals surface area contributed by atoms with Crippen LogP contribution in [0.5, 0.6) is 0 Å². The summed E-state index contributed by atoms with van der Waals surface area (Å²) in [7, 11) is 1.76. The van der Waals surface area contributed by atoms with E-state index in [4.69, 9.17) is 14.0 Å². The number of carbonyl (C=O) groups is 1. The fraction of sp³-hybridized carbons (Fsp3) is 0.667. The van der Waals surface area contributed by atoms with E-state index in [9.17, 15) is 4.79 Å². The second-order valence-electron chi connectivity index (χ2n) is 9.25. The maximum atomic E-state index is 13.1. The molecule has 0 spiro atoms. The van der Waals surface area contributed by atoms with Crippen molar-refractivity contribution in [1.29, 1.82) is 0 Å². The molecule has 6 heteroatoms. The lowest BCUT2D eigenvalue weighted by Crippen LogP contribution is -2.55. The van der Waals surface area contributed by atoms with Gasteiger partial charge >= 0.3 is 7.12 Å². The zero-order chi connectivity index (χ0) is 19.4. The second kappa shape index (κ2) is 6.69. The first-order valence-corrected chi connectivity index (χ1v) is 9.97. The van der Waals surface area contributed by atoms with Crippen LogP contribution in [0.1, 0.15) is 50.9 Å². The highest BCUT2D eigenvalue weighted by Gasteiger charge is 2.51. The summed E-state index contributed by atoms with van der Waals surface area (Å²) in [4.78, 5) is 15.4. The van der Waals surface area contributed by atoms with E-state index in [0.717, 1.165) is 37.1 Å². The number of rotatable bonds is 3. The van der Waals surface area contributed by atoms with Gasteiger partial charge in [0.2, 0.25) is 0 Å². The molecule has 0 radical (unpaired) electrons. The third-order valence-electron chi connectivity index (χ3n) is 6.98. The molecule has 3 heterocycles. The number of hydrogen-bond acceptors (Lipinski definition) is 5. The van der Waals surface area contributed by atoms with Crippen LogP contribution < -0.4 is 5.46 Å². The number of nitrogens with zero attached hydrogens (tertiary/aromatic N) is 1. The summed E-state index contributed by atoms with van der Waals surface area (Å²) >= 11 is 0. The SMILES string of the molecule is CN1C2COCC1CC(C(=O)c1ccc(B3OC(C)(C)C(C)(C)O3)cc1)C2. The Morgan fingerprint density at radius 2 is 1.52 bits per heavy atom. The molecular weight excluding hydrogens is 341 g/mol. The van der Waals surface area contributed by atoms with E-state index in [1.54, 1.807) is 0 Å². The molecule has 0 amide bonds. The van der Waals surface area contributed by atoms with Gasteiger partial charge in [-0.3, -0.25) is 9.69 Å². The number of ketones is 1. The number of fused-ring (bicyclic) bond motifs is 2. The van der Waals surface area contributed by atoms with Crippen LogP contribution in [0.25, 0.3) is 0 Å². The zero-order valence-corrected chi connectivity index (χ0v) is 17.0. The summed E-state index contributed by atoms with van der Waals surface area (Å²) < 4.78 is 17.9. The van der Waals surface area contributed by atoms with Crippen molar-refractivity contribution in [2.75, 3.05) is 20.3 Å². The summed E-state index contributed by atoms with van der Waals surface area (Å²) in [5.74, 6) is 0.336. The van der Waals surface area contributed by atoms with Crippen LogP contribution in [-0.4, -0.2) is 61.3 Å². The first kappa shape index (κ1) is 19.1. The summed E-state index contributed by atoms with van der Waals surface area (Å²) in [5, 5.41) is 0. The van der Waals surface area contributed by atoms with E-state index < -0.39 is 0 Å². The predicted molar refractivity (Wildman–Crippen MR) is 105 cm³/mol. The minimum absolute atomic E-state index is 0.0859. The van der Waals surface area contributed by atoms with Crippen molar-refractivity contribution in [2.24, 2.45) is 5.92 Å². The maximum Gasteiger partial charge on any atom is 0.494 e. The van der Waals surface area contributed by atoms with Crippen LogP contribution in [0.4, 0.5) is 0 Å². The van der Waals surface area contributed by atoms with Crippen LogP contribution in [0.15, 0.2) is 24.3 Å². The Kier molecular flexibility index (Phi) is 4.74. The van der Waals surface area contributed by atoms with Gasteiger partial charge in [-0.2, -0.15) is 0 Å². The Hall–Kier alpha value is -1.21. The van der Waals surface area contributed by atoms with Gasteiger partial charge in [-0.05, 0) is 53.0 Å². The molecule has 0 N–H and O–H groups in total. The van der Waals surface area contributed by atoms with Gasteiger partial charge in [0, 0.05) is 23.6 Å². The molecule has 3 aliphatic rings. The van der Waals surface area contributed by atoms with E-state index >= 15 is 0 Å². The summed E-state index contributed by atoms with van der Waals surface area (Å²) in [6, 6.07) is 8.49. The average Bonchev–Trinajstić information content (AvgIpc) is 2.82. The Balaban J connectivity index is 1.46. The number of piperidine rings is 1. The van der Waals surface area contributed by atoms with E-state index in [1.807, 2.05) is 52.0 Å². The third kappa shape index (κ3) is 3.37. The van der Waals surface area contributed by atoms with Gasteiger partial charge in [0.15, 0.2) is 5.78 Å². The molecule has 1 aromatic rings. The van der Waals surface area contributed by atoms with Crippen LogP contribution in [0, 0.1) is 5.92 Å². The van der Waals surface area contributed by atoms with E-state index in [2.05, 4.69) is 11.9 Å². The molecule has 4 rings (SSSR count). The smallest absolute Gasteiger partial charge is 0.399 e. The van der Waals surface area contributed by atoms with Crippen molar-refractivity contribution in [3.05, 3.63) is 29.8 Å². The van der Waals surface area contributed by atoms with E-state index in [-0.39, 0.29) is 30.0 Å². The standard InChI is InChI=1S/C21H30BNO4/c1-20(2)21(3,4)27-22(26-20)16-8-6-14(7-9-16)19(24)15-10-17-12-25-13-18(11-15)23(17)5/h6-9,15,17-18H,10-13H2,1-5H3. The first-order valence-electron chi connectivity index (χ1n) is 9.97. The molecule has 2 bridgehead atoms. The van der Waals surface area contributed by atoms with Gasteiger partial charge in [-0.15, -0.1) is 0 Å². The van der Waals surface area contributed by atoms with Crippen molar-refractivity contribution >= 4 is 18.4 Å². The highest BCUT2D eigenvalue weighted by atomic mass is 16.7. The highest BCUT2D eigenvalue weighted by molar-refractivity contribution is 6.62. The number of likely N-dealkylation sites (N-methyl/N-ethyl adjacent to an activating group) is 1. The molecule has 0 aliphatic carbocycles. The molecule has 146 valence electrons. The molecule has 5 nitrogen and oxygen atoms in total. The van der Waals surface area contributed by atoms with Crippen molar-refractivity contribution < 1.29 is 18.8 Å². The molecule has 3 aliphatic heterocycles. The number of morpholine rings is 1. The normalized spacial score (nSPS) is 32.5. The van der Waals surface area contributed by atoms with Gasteiger partial charge in [0.1, 0.15) is 0 Å². The van der Waals surface area contributed by atoms with Gasteiger partial charge in [-0.1, -0.05) is 24.3 Å². The van der Waals surface area contributed by atoms with Gasteiger partial charge in [0.05, 0.1) is 24.4 Å². The lowest BCUT2D eigenvalue weighted by molar-refractivity contribution is -0.0702. The van der Waals surface area contributed by atoms with Crippen molar-refractivity contribution in [3.63, 3.8) is 0 Å². The number of Topliss-reactive ketones (excluding diaryl/α,β-unsaturated/α-hetero) is 1. The van der Waals surface area contributed by atoms with Crippen molar-refractivity contribution in [3.8, 4) is 0 Å². The Labute approximate surface area is 162 Å². The molecule has 1 aromatic carbocycles. The highest BCUT2D eigenvalue weighted by Crippen LogP contribution is 2.36. The summed E-state index contributed by atoms with van der Waals surface area (Å²) in [6.45, 7) is 9.66. The Morgan fingerprint density at radius 3 is 2.04 bits per heavy atom. The van der Waals surface area contributed by atoms with Gasteiger partial charge < -0.3 is 14.0 Å².